The Balaban J connectivity index is 2.97. The molecule has 0 aliphatic heterocycles. The number of anilines is 1. The van der Waals surface area contributed by atoms with Crippen LogP contribution in [-0.2, 0) is 0 Å². The number of rotatable bonds is 3. The fourth-order valence-corrected chi connectivity index (χ4v) is 0.813. The molecule has 0 saturated carbocycles. The number of aromatic nitrogens is 3. The summed E-state index contributed by atoms with van der Waals surface area (Å²) in [6.45, 7) is 5.66. The Bertz CT molecular complexity index is 314. The molecule has 0 radical (unpaired) electrons. The minimum Gasteiger partial charge on any atom is -0.467 e. The smallest absolute Gasteiger partial charge is 0.324 e. The molecule has 7 nitrogen and oxygen atoms in total. The Morgan fingerprint density at radius 2 is 1.73 bits per heavy atom. The molecule has 0 amide bonds. The maximum absolute atomic E-state index is 5.45. The highest BCUT2D eigenvalue weighted by atomic mass is 16.5. The van der Waals surface area contributed by atoms with Gasteiger partial charge in [-0.2, -0.15) is 9.97 Å². The number of nitrogens with one attached hydrogen (secondary N) is 1. The van der Waals surface area contributed by atoms with E-state index in [4.69, 9.17) is 15.3 Å². The van der Waals surface area contributed by atoms with Crippen LogP contribution in [0, 0.1) is 0 Å². The van der Waals surface area contributed by atoms with E-state index in [1.807, 2.05) is 20.8 Å². The number of methoxy groups -OCH3 is 1. The second-order valence-electron chi connectivity index (χ2n) is 3.79. The van der Waals surface area contributed by atoms with Crippen LogP contribution >= 0.6 is 0 Å². The highest BCUT2D eigenvalue weighted by Gasteiger charge is 2.16. The molecule has 1 rings (SSSR count). The van der Waals surface area contributed by atoms with E-state index >= 15 is 0 Å². The minimum absolute atomic E-state index is 0.150. The zero-order valence-electron chi connectivity index (χ0n) is 9.24. The standard InChI is InChI=1S/C8H15N5O2/c1-8(2,3)15-7-11-5(13-9)10-6(12-7)14-4/h9H2,1-4H3,(H,10,11,12,13). The average molecular weight is 213 g/mol. The lowest BCUT2D eigenvalue weighted by Crippen LogP contribution is -2.25. The van der Waals surface area contributed by atoms with Crippen LogP contribution in [0.15, 0.2) is 0 Å². The first-order chi connectivity index (χ1) is 6.94. The average Bonchev–Trinajstić information content (AvgIpc) is 2.14. The zero-order valence-corrected chi connectivity index (χ0v) is 9.24. The van der Waals surface area contributed by atoms with Crippen molar-refractivity contribution >= 4 is 5.95 Å². The lowest BCUT2D eigenvalue weighted by molar-refractivity contribution is 0.115. The van der Waals surface area contributed by atoms with Crippen molar-refractivity contribution in [3.05, 3.63) is 0 Å². The van der Waals surface area contributed by atoms with E-state index in [-0.39, 0.29) is 18.0 Å². The molecule has 0 saturated heterocycles. The summed E-state index contributed by atoms with van der Waals surface area (Å²) in [4.78, 5) is 11.7. The summed E-state index contributed by atoms with van der Waals surface area (Å²) in [5.41, 5.74) is 1.91. The lowest BCUT2D eigenvalue weighted by atomic mass is 10.2. The van der Waals surface area contributed by atoms with Crippen LogP contribution < -0.4 is 20.7 Å². The summed E-state index contributed by atoms with van der Waals surface area (Å²) >= 11 is 0. The van der Waals surface area contributed by atoms with Gasteiger partial charge in [0, 0.05) is 0 Å². The van der Waals surface area contributed by atoms with Gasteiger partial charge in [-0.05, 0) is 20.8 Å². The normalized spacial score (nSPS) is 11.0. The Kier molecular flexibility index (Phi) is 3.25. The number of nitrogens with two attached hydrogens (primary N) is 1. The van der Waals surface area contributed by atoms with Gasteiger partial charge in [0.25, 0.3) is 0 Å². The molecule has 1 heterocycles. The molecular formula is C8H15N5O2. The number of hydrazine groups is 1. The molecule has 1 aromatic heterocycles. The topological polar surface area (TPSA) is 95.2 Å². The van der Waals surface area contributed by atoms with E-state index in [0.29, 0.717) is 0 Å². The minimum atomic E-state index is -0.391. The van der Waals surface area contributed by atoms with Crippen LogP contribution in [0.25, 0.3) is 0 Å². The predicted octanol–water partition coefficient (Wildman–Crippen LogP) is 0.343. The quantitative estimate of drug-likeness (QED) is 0.552. The van der Waals surface area contributed by atoms with Crippen molar-refractivity contribution in [2.24, 2.45) is 5.84 Å². The van der Waals surface area contributed by atoms with Gasteiger partial charge in [-0.1, -0.05) is 0 Å². The van der Waals surface area contributed by atoms with Gasteiger partial charge in [-0.25, -0.2) is 5.84 Å². The Morgan fingerprint density at radius 1 is 1.13 bits per heavy atom. The lowest BCUT2D eigenvalue weighted by Gasteiger charge is -2.19. The predicted molar refractivity (Wildman–Crippen MR) is 54.6 cm³/mol. The van der Waals surface area contributed by atoms with Crippen LogP contribution in [-0.4, -0.2) is 27.7 Å². The van der Waals surface area contributed by atoms with Crippen molar-refractivity contribution in [3.8, 4) is 12.0 Å². The highest BCUT2D eigenvalue weighted by molar-refractivity contribution is 5.25. The van der Waals surface area contributed by atoms with Gasteiger partial charge in [0.05, 0.1) is 7.11 Å². The molecule has 0 bridgehead atoms. The Morgan fingerprint density at radius 3 is 2.20 bits per heavy atom. The van der Waals surface area contributed by atoms with E-state index in [2.05, 4.69) is 20.4 Å². The van der Waals surface area contributed by atoms with Gasteiger partial charge in [0.2, 0.25) is 5.95 Å². The molecule has 15 heavy (non-hydrogen) atoms. The van der Waals surface area contributed by atoms with Crippen molar-refractivity contribution in [3.63, 3.8) is 0 Å². The SMILES string of the molecule is COc1nc(NN)nc(OC(C)(C)C)n1. The zero-order chi connectivity index (χ0) is 11.5. The van der Waals surface area contributed by atoms with E-state index in [0.717, 1.165) is 0 Å². The molecule has 0 aliphatic carbocycles. The summed E-state index contributed by atoms with van der Waals surface area (Å²) in [6.07, 6.45) is 0. The molecule has 84 valence electrons. The van der Waals surface area contributed by atoms with E-state index in [1.54, 1.807) is 0 Å². The van der Waals surface area contributed by atoms with Gasteiger partial charge < -0.3 is 9.47 Å². The number of hydrogen-bond acceptors (Lipinski definition) is 7. The second-order valence-corrected chi connectivity index (χ2v) is 3.79. The van der Waals surface area contributed by atoms with E-state index in [9.17, 15) is 0 Å². The number of hydrogen-bond donors (Lipinski definition) is 2. The summed E-state index contributed by atoms with van der Waals surface area (Å²) in [7, 11) is 1.45. The molecule has 7 heteroatoms. The van der Waals surface area contributed by atoms with Gasteiger partial charge in [-0.3, -0.25) is 5.43 Å². The third-order valence-electron chi connectivity index (χ3n) is 1.30. The maximum atomic E-state index is 5.45. The fraction of sp³-hybridized carbons (Fsp3) is 0.625. The Labute approximate surface area is 88.0 Å². The Hall–Kier alpha value is -1.63. The van der Waals surface area contributed by atoms with Crippen LogP contribution in [0.2, 0.25) is 0 Å². The summed E-state index contributed by atoms with van der Waals surface area (Å²) < 4.78 is 10.3. The number of nitrogen functional groups attached to an aromatic ring is 1. The summed E-state index contributed by atoms with van der Waals surface area (Å²) in [6, 6.07) is 0.319. The monoisotopic (exact) mass is 213 g/mol. The first-order valence-corrected chi connectivity index (χ1v) is 4.40. The molecule has 1 aromatic rings. The molecule has 0 atom stereocenters. The molecule has 0 aliphatic rings. The van der Waals surface area contributed by atoms with Gasteiger partial charge >= 0.3 is 12.0 Å². The van der Waals surface area contributed by atoms with Gasteiger partial charge in [0.1, 0.15) is 5.60 Å². The maximum Gasteiger partial charge on any atom is 0.324 e. The number of ether oxygens (including phenoxy) is 2. The summed E-state index contributed by atoms with van der Waals surface area (Å²) in [5.74, 6) is 5.39. The highest BCUT2D eigenvalue weighted by Crippen LogP contribution is 2.16. The van der Waals surface area contributed by atoms with Crippen LogP contribution in [0.3, 0.4) is 0 Å². The molecule has 0 spiro atoms. The van der Waals surface area contributed by atoms with Crippen molar-refractivity contribution in [1.29, 1.82) is 0 Å². The van der Waals surface area contributed by atoms with E-state index < -0.39 is 5.60 Å². The first-order valence-electron chi connectivity index (χ1n) is 4.40. The van der Waals surface area contributed by atoms with Crippen LogP contribution in [0.1, 0.15) is 20.8 Å². The molecule has 0 unspecified atom stereocenters. The van der Waals surface area contributed by atoms with Gasteiger partial charge in [-0.15, -0.1) is 4.98 Å². The number of nitrogens with zero attached hydrogens (tertiary/aromatic N) is 3. The molecule has 0 aromatic carbocycles. The fourth-order valence-electron chi connectivity index (χ4n) is 0.813. The van der Waals surface area contributed by atoms with E-state index in [1.165, 1.54) is 7.11 Å². The van der Waals surface area contributed by atoms with Gasteiger partial charge in [0.15, 0.2) is 0 Å². The van der Waals surface area contributed by atoms with Crippen LogP contribution in [0.5, 0.6) is 12.0 Å². The van der Waals surface area contributed by atoms with Crippen molar-refractivity contribution in [2.45, 2.75) is 26.4 Å². The molecule has 0 fully saturated rings. The molecular weight excluding hydrogens is 198 g/mol. The summed E-state index contributed by atoms with van der Waals surface area (Å²) in [5, 5.41) is 0. The second kappa shape index (κ2) is 4.26. The van der Waals surface area contributed by atoms with Crippen molar-refractivity contribution in [1.82, 2.24) is 15.0 Å². The first kappa shape index (κ1) is 11.4. The molecule has 3 N–H and O–H groups in total. The third-order valence-corrected chi connectivity index (χ3v) is 1.30. The van der Waals surface area contributed by atoms with Crippen LogP contribution in [0.4, 0.5) is 5.95 Å². The third kappa shape index (κ3) is 3.55. The van der Waals surface area contributed by atoms with Crippen molar-refractivity contribution in [2.75, 3.05) is 12.5 Å². The largest absolute Gasteiger partial charge is 0.467 e. The van der Waals surface area contributed by atoms with Crippen molar-refractivity contribution < 1.29 is 9.47 Å².